The molecule has 0 atom stereocenters. The minimum atomic E-state index is -0.125. The highest BCUT2D eigenvalue weighted by atomic mass is 15.2. The summed E-state index contributed by atoms with van der Waals surface area (Å²) in [4.78, 5) is 5.07. The molecule has 5 aromatic carbocycles. The Morgan fingerprint density at radius 1 is 0.679 bits per heavy atom. The van der Waals surface area contributed by atoms with Gasteiger partial charge in [0.15, 0.2) is 0 Å². The fourth-order valence-electron chi connectivity index (χ4n) is 9.92. The molecule has 9 rings (SSSR count). The fourth-order valence-corrected chi connectivity index (χ4v) is 9.92. The normalized spacial score (nSPS) is 17.6. The van der Waals surface area contributed by atoms with Crippen LogP contribution in [-0.2, 0) is 11.8 Å². The smallest absolute Gasteiger partial charge is 0.0580 e. The summed E-state index contributed by atoms with van der Waals surface area (Å²) in [5, 5.41) is 2.81. The Kier molecular flexibility index (Phi) is 9.12. The third kappa shape index (κ3) is 6.11. The van der Waals surface area contributed by atoms with E-state index < -0.39 is 0 Å². The Morgan fingerprint density at radius 2 is 1.41 bits per heavy atom. The van der Waals surface area contributed by atoms with Gasteiger partial charge < -0.3 is 9.80 Å². The molecule has 0 saturated carbocycles. The Bertz CT molecular complexity index is 2620. The average molecular weight is 731 g/mol. The van der Waals surface area contributed by atoms with Gasteiger partial charge >= 0.3 is 0 Å². The number of rotatable bonds is 8. The lowest BCUT2D eigenvalue weighted by atomic mass is 9.81. The molecule has 2 nitrogen and oxygen atoms in total. The maximum atomic E-state index is 2.57. The van der Waals surface area contributed by atoms with Crippen molar-refractivity contribution in [2.45, 2.75) is 84.6 Å². The monoisotopic (exact) mass is 730 g/mol. The van der Waals surface area contributed by atoms with Crippen molar-refractivity contribution in [3.8, 4) is 11.1 Å². The van der Waals surface area contributed by atoms with Crippen LogP contribution >= 0.6 is 0 Å². The molecule has 0 saturated heterocycles. The summed E-state index contributed by atoms with van der Waals surface area (Å²) in [6, 6.07) is 41.0. The van der Waals surface area contributed by atoms with E-state index in [0.717, 1.165) is 38.6 Å². The molecule has 0 aromatic heterocycles. The number of nitrogens with zero attached hydrogens (tertiary/aromatic N) is 2. The lowest BCUT2D eigenvalue weighted by Gasteiger charge is -2.42. The zero-order chi connectivity index (χ0) is 38.6. The van der Waals surface area contributed by atoms with Gasteiger partial charge in [-0.2, -0.15) is 0 Å². The number of aryl methyl sites for hydroxylation is 1. The topological polar surface area (TPSA) is 6.48 Å². The van der Waals surface area contributed by atoms with E-state index in [4.69, 9.17) is 0 Å². The summed E-state index contributed by atoms with van der Waals surface area (Å²) in [5.41, 5.74) is 19.0. The summed E-state index contributed by atoms with van der Waals surface area (Å²) in [6.07, 6.45) is 19.4. The molecule has 0 fully saturated rings. The standard InChI is InChI=1S/C54H54N2/c1-7-39-15-9-13-19-50(39)55(8-2)52-32-31-43(44-17-11-12-18-47(44)52)40-26-23-37(24-27-40)21-22-38-25-29-45-46-30-28-42(36-49(46)54(5,6)48(45)35-38)56-51-20-14-10-16-41(51)33-34-53(56,3)4/h9-23,25-26,28-30,33-36H,7-8,24,27,31-32H2,1-6H3/b22-21+. The Morgan fingerprint density at radius 3 is 2.20 bits per heavy atom. The van der Waals surface area contributed by atoms with Crippen molar-refractivity contribution < 1.29 is 0 Å². The summed E-state index contributed by atoms with van der Waals surface area (Å²) < 4.78 is 0. The van der Waals surface area contributed by atoms with E-state index in [2.05, 4.69) is 197 Å². The Hall–Kier alpha value is -5.60. The number of anilines is 3. The lowest BCUT2D eigenvalue weighted by Crippen LogP contribution is -2.40. The first-order chi connectivity index (χ1) is 27.2. The predicted octanol–water partition coefficient (Wildman–Crippen LogP) is 12.4. The van der Waals surface area contributed by atoms with Gasteiger partial charge in [0.2, 0.25) is 0 Å². The molecule has 4 aliphatic rings. The number of hydrogen-bond acceptors (Lipinski definition) is 2. The van der Waals surface area contributed by atoms with Crippen LogP contribution in [0.15, 0.2) is 145 Å². The third-order valence-electron chi connectivity index (χ3n) is 12.9. The molecule has 2 heteroatoms. The van der Waals surface area contributed by atoms with Gasteiger partial charge in [-0.15, -0.1) is 0 Å². The molecule has 5 aromatic rings. The molecule has 1 heterocycles. The van der Waals surface area contributed by atoms with Gasteiger partial charge in [0.25, 0.3) is 0 Å². The second-order valence-corrected chi connectivity index (χ2v) is 17.0. The molecule has 0 unspecified atom stereocenters. The van der Waals surface area contributed by atoms with Crippen LogP contribution in [-0.4, -0.2) is 12.1 Å². The molecule has 0 bridgehead atoms. The minimum absolute atomic E-state index is 0.0973. The summed E-state index contributed by atoms with van der Waals surface area (Å²) >= 11 is 0. The first-order valence-corrected chi connectivity index (χ1v) is 20.8. The highest BCUT2D eigenvalue weighted by molar-refractivity contribution is 5.87. The van der Waals surface area contributed by atoms with Gasteiger partial charge in [-0.3, -0.25) is 0 Å². The van der Waals surface area contributed by atoms with E-state index in [0.29, 0.717) is 0 Å². The largest absolute Gasteiger partial charge is 0.345 e. The van der Waals surface area contributed by atoms with E-state index in [1.54, 1.807) is 0 Å². The van der Waals surface area contributed by atoms with Crippen LogP contribution in [0.4, 0.5) is 17.1 Å². The van der Waals surface area contributed by atoms with Gasteiger partial charge in [-0.05, 0) is 138 Å². The first kappa shape index (κ1) is 36.1. The number of benzene rings is 5. The van der Waals surface area contributed by atoms with Gasteiger partial charge in [-0.25, -0.2) is 0 Å². The van der Waals surface area contributed by atoms with Crippen molar-refractivity contribution in [1.29, 1.82) is 0 Å². The Balaban J connectivity index is 0.985. The van der Waals surface area contributed by atoms with Crippen LogP contribution in [0.3, 0.4) is 0 Å². The zero-order valence-corrected chi connectivity index (χ0v) is 34.0. The molecule has 0 radical (unpaired) electrons. The number of allylic oxidation sites excluding steroid dienone is 5. The van der Waals surface area contributed by atoms with Crippen LogP contribution in [0.2, 0.25) is 0 Å². The molecule has 0 N–H and O–H groups in total. The lowest BCUT2D eigenvalue weighted by molar-refractivity contribution is 0.622. The van der Waals surface area contributed by atoms with Crippen LogP contribution in [0.1, 0.15) is 95.0 Å². The van der Waals surface area contributed by atoms with Crippen molar-refractivity contribution in [2.75, 3.05) is 16.3 Å². The molecule has 0 amide bonds. The second kappa shape index (κ2) is 14.2. The summed E-state index contributed by atoms with van der Waals surface area (Å²) in [7, 11) is 0. The molecule has 0 spiro atoms. The van der Waals surface area contributed by atoms with E-state index in [-0.39, 0.29) is 11.0 Å². The van der Waals surface area contributed by atoms with Crippen molar-refractivity contribution in [1.82, 2.24) is 0 Å². The Labute approximate surface area is 334 Å². The van der Waals surface area contributed by atoms with E-state index in [1.807, 2.05) is 0 Å². The minimum Gasteiger partial charge on any atom is -0.345 e. The third-order valence-corrected chi connectivity index (χ3v) is 12.9. The number of para-hydroxylation sites is 2. The van der Waals surface area contributed by atoms with Crippen LogP contribution < -0.4 is 20.2 Å². The quantitative estimate of drug-likeness (QED) is 0.157. The molecule has 280 valence electrons. The maximum Gasteiger partial charge on any atom is 0.0580 e. The zero-order valence-electron chi connectivity index (χ0n) is 34.0. The molecule has 56 heavy (non-hydrogen) atoms. The maximum absolute atomic E-state index is 2.57. The SMILES string of the molecule is CCc1ccccc1N(CC)C1=c2ccccc2=C(C2=CC=C(/C=C/c3ccc4c(c3)C(C)(C)c3cc(N5c6ccccc6C=CC5(C)C)ccc3-4)CC2)CC1. The number of fused-ring (bicyclic) bond motifs is 5. The van der Waals surface area contributed by atoms with Gasteiger partial charge in [0.1, 0.15) is 0 Å². The van der Waals surface area contributed by atoms with E-state index in [9.17, 15) is 0 Å². The van der Waals surface area contributed by atoms with Crippen LogP contribution in [0.5, 0.6) is 0 Å². The molecular formula is C54H54N2. The summed E-state index contributed by atoms with van der Waals surface area (Å²) in [6.45, 7) is 14.9. The highest BCUT2D eigenvalue weighted by Gasteiger charge is 2.38. The van der Waals surface area contributed by atoms with Gasteiger partial charge in [0.05, 0.1) is 5.54 Å². The van der Waals surface area contributed by atoms with E-state index >= 15 is 0 Å². The van der Waals surface area contributed by atoms with Crippen molar-refractivity contribution in [3.05, 3.63) is 183 Å². The molecule has 1 aliphatic heterocycles. The first-order valence-electron chi connectivity index (χ1n) is 20.8. The fraction of sp³-hybridized carbons (Fsp3) is 0.259. The average Bonchev–Trinajstić information content (AvgIpc) is 3.45. The van der Waals surface area contributed by atoms with Crippen molar-refractivity contribution in [3.63, 3.8) is 0 Å². The van der Waals surface area contributed by atoms with Crippen molar-refractivity contribution >= 4 is 40.5 Å². The van der Waals surface area contributed by atoms with Crippen LogP contribution in [0, 0.1) is 0 Å². The summed E-state index contributed by atoms with van der Waals surface area (Å²) in [5.74, 6) is 0. The van der Waals surface area contributed by atoms with Gasteiger partial charge in [0, 0.05) is 39.9 Å². The molecule has 3 aliphatic carbocycles. The van der Waals surface area contributed by atoms with E-state index in [1.165, 1.54) is 88.9 Å². The van der Waals surface area contributed by atoms with Crippen LogP contribution in [0.25, 0.3) is 34.5 Å². The number of hydrogen-bond donors (Lipinski definition) is 0. The molecular weight excluding hydrogens is 677 g/mol. The van der Waals surface area contributed by atoms with Crippen molar-refractivity contribution in [2.24, 2.45) is 0 Å². The predicted molar refractivity (Wildman–Crippen MR) is 241 cm³/mol. The highest BCUT2D eigenvalue weighted by Crippen LogP contribution is 2.51. The second-order valence-electron chi connectivity index (χ2n) is 17.0. The van der Waals surface area contributed by atoms with Gasteiger partial charge in [-0.1, -0.05) is 142 Å².